The van der Waals surface area contributed by atoms with Crippen molar-refractivity contribution in [3.63, 3.8) is 0 Å². The predicted molar refractivity (Wildman–Crippen MR) is 65.0 cm³/mol. The first kappa shape index (κ1) is 14.0. The van der Waals surface area contributed by atoms with Crippen LogP contribution in [0.4, 0.5) is 4.79 Å². The van der Waals surface area contributed by atoms with Crippen LogP contribution in [-0.2, 0) is 4.79 Å². The number of urea groups is 1. The predicted octanol–water partition coefficient (Wildman–Crippen LogP) is 0.492. The molecule has 2 amide bonds. The van der Waals surface area contributed by atoms with Crippen molar-refractivity contribution in [3.05, 3.63) is 35.9 Å². The molecular formula is C12H16N2O4. The molecule has 0 heterocycles. The van der Waals surface area contributed by atoms with E-state index in [2.05, 4.69) is 10.6 Å². The van der Waals surface area contributed by atoms with Gasteiger partial charge in [0.15, 0.2) is 6.04 Å². The van der Waals surface area contributed by atoms with Crippen molar-refractivity contribution in [3.8, 4) is 0 Å². The monoisotopic (exact) mass is 252 g/mol. The van der Waals surface area contributed by atoms with Crippen LogP contribution in [0.3, 0.4) is 0 Å². The molecule has 0 aliphatic heterocycles. The highest BCUT2D eigenvalue weighted by Gasteiger charge is 2.29. The quantitative estimate of drug-likeness (QED) is 0.613. The summed E-state index contributed by atoms with van der Waals surface area (Å²) in [6.45, 7) is 2.09. The Morgan fingerprint density at radius 1 is 1.28 bits per heavy atom. The van der Waals surface area contributed by atoms with E-state index in [9.17, 15) is 14.7 Å². The minimum absolute atomic E-state index is 0.375. The fraction of sp³-hybridized carbons (Fsp3) is 0.333. The number of nitrogens with one attached hydrogen (secondary N) is 2. The second kappa shape index (κ2) is 6.61. The van der Waals surface area contributed by atoms with Crippen molar-refractivity contribution in [1.29, 1.82) is 0 Å². The van der Waals surface area contributed by atoms with E-state index < -0.39 is 24.1 Å². The SMILES string of the molecule is CCNC(=O)NC(C(=O)O)C(O)c1ccccc1. The number of carbonyl (C=O) groups excluding carboxylic acids is 1. The third kappa shape index (κ3) is 3.74. The van der Waals surface area contributed by atoms with E-state index in [1.54, 1.807) is 37.3 Å². The van der Waals surface area contributed by atoms with Crippen LogP contribution in [0, 0.1) is 0 Å². The zero-order valence-electron chi connectivity index (χ0n) is 9.96. The molecule has 0 saturated heterocycles. The first-order valence-corrected chi connectivity index (χ1v) is 5.56. The van der Waals surface area contributed by atoms with Crippen LogP contribution >= 0.6 is 0 Å². The van der Waals surface area contributed by atoms with Gasteiger partial charge in [0.25, 0.3) is 0 Å². The summed E-state index contributed by atoms with van der Waals surface area (Å²) >= 11 is 0. The average Bonchev–Trinajstić information content (AvgIpc) is 2.36. The summed E-state index contributed by atoms with van der Waals surface area (Å²) in [5.41, 5.74) is 0.432. The van der Waals surface area contributed by atoms with Gasteiger partial charge in [0.05, 0.1) is 0 Å². The number of hydrogen-bond acceptors (Lipinski definition) is 3. The van der Waals surface area contributed by atoms with E-state index in [1.165, 1.54) is 0 Å². The lowest BCUT2D eigenvalue weighted by Gasteiger charge is -2.20. The number of benzene rings is 1. The number of amides is 2. The van der Waals surface area contributed by atoms with Crippen LogP contribution in [0.25, 0.3) is 0 Å². The number of hydrogen-bond donors (Lipinski definition) is 4. The second-order valence-electron chi connectivity index (χ2n) is 3.68. The number of rotatable bonds is 5. The van der Waals surface area contributed by atoms with Gasteiger partial charge in [-0.05, 0) is 12.5 Å². The lowest BCUT2D eigenvalue weighted by atomic mass is 10.0. The van der Waals surface area contributed by atoms with Crippen LogP contribution in [0.2, 0.25) is 0 Å². The Bertz CT molecular complexity index is 408. The van der Waals surface area contributed by atoms with Gasteiger partial charge < -0.3 is 20.8 Å². The van der Waals surface area contributed by atoms with E-state index in [1.807, 2.05) is 0 Å². The summed E-state index contributed by atoms with van der Waals surface area (Å²) in [6, 6.07) is 6.30. The minimum Gasteiger partial charge on any atom is -0.480 e. The highest BCUT2D eigenvalue weighted by molar-refractivity contribution is 5.83. The summed E-state index contributed by atoms with van der Waals surface area (Å²) in [4.78, 5) is 22.3. The van der Waals surface area contributed by atoms with E-state index >= 15 is 0 Å². The smallest absolute Gasteiger partial charge is 0.329 e. The lowest BCUT2D eigenvalue weighted by Crippen LogP contribution is -2.49. The Morgan fingerprint density at radius 2 is 1.89 bits per heavy atom. The summed E-state index contributed by atoms with van der Waals surface area (Å²) in [5.74, 6) is -1.29. The molecule has 0 aliphatic rings. The second-order valence-corrected chi connectivity index (χ2v) is 3.68. The highest BCUT2D eigenvalue weighted by atomic mass is 16.4. The van der Waals surface area contributed by atoms with E-state index in [0.717, 1.165) is 0 Å². The Morgan fingerprint density at radius 3 is 2.39 bits per heavy atom. The molecule has 18 heavy (non-hydrogen) atoms. The molecule has 6 heteroatoms. The number of carbonyl (C=O) groups is 2. The van der Waals surface area contributed by atoms with Crippen molar-refractivity contribution >= 4 is 12.0 Å². The molecule has 0 aliphatic carbocycles. The molecule has 98 valence electrons. The first-order chi connectivity index (χ1) is 8.56. The van der Waals surface area contributed by atoms with Gasteiger partial charge in [-0.1, -0.05) is 30.3 Å². The molecule has 0 fully saturated rings. The standard InChI is InChI=1S/C12H16N2O4/c1-2-13-12(18)14-9(11(16)17)10(15)8-6-4-3-5-7-8/h3-7,9-10,15H,2H2,1H3,(H,16,17)(H2,13,14,18). The van der Waals surface area contributed by atoms with Crippen molar-refractivity contribution in [2.45, 2.75) is 19.1 Å². The van der Waals surface area contributed by atoms with Crippen LogP contribution < -0.4 is 10.6 Å². The Labute approximate surface area is 105 Å². The molecular weight excluding hydrogens is 236 g/mol. The first-order valence-electron chi connectivity index (χ1n) is 5.56. The topological polar surface area (TPSA) is 98.7 Å². The Balaban J connectivity index is 2.79. The fourth-order valence-corrected chi connectivity index (χ4v) is 1.47. The summed E-state index contributed by atoms with van der Waals surface area (Å²) in [6.07, 6.45) is -1.30. The van der Waals surface area contributed by atoms with Gasteiger partial charge >= 0.3 is 12.0 Å². The van der Waals surface area contributed by atoms with E-state index in [-0.39, 0.29) is 0 Å². The van der Waals surface area contributed by atoms with Crippen molar-refractivity contribution < 1.29 is 19.8 Å². The Hall–Kier alpha value is -2.08. The largest absolute Gasteiger partial charge is 0.480 e. The maximum absolute atomic E-state index is 11.3. The number of aliphatic carboxylic acids is 1. The number of aliphatic hydroxyl groups is 1. The van der Waals surface area contributed by atoms with Gasteiger partial charge in [-0.15, -0.1) is 0 Å². The molecule has 1 aromatic carbocycles. The number of carboxylic acid groups (broad SMARTS) is 1. The number of aliphatic hydroxyl groups excluding tert-OH is 1. The van der Waals surface area contributed by atoms with Crippen LogP contribution in [-0.4, -0.2) is 34.8 Å². The van der Waals surface area contributed by atoms with Crippen LogP contribution in [0.1, 0.15) is 18.6 Å². The van der Waals surface area contributed by atoms with Gasteiger partial charge in [-0.3, -0.25) is 0 Å². The molecule has 0 saturated carbocycles. The van der Waals surface area contributed by atoms with Crippen molar-refractivity contribution in [2.75, 3.05) is 6.54 Å². The third-order valence-electron chi connectivity index (χ3n) is 2.35. The van der Waals surface area contributed by atoms with E-state index in [4.69, 9.17) is 5.11 Å². The van der Waals surface area contributed by atoms with Crippen LogP contribution in [0.15, 0.2) is 30.3 Å². The maximum atomic E-state index is 11.3. The third-order valence-corrected chi connectivity index (χ3v) is 2.35. The molecule has 0 radical (unpaired) electrons. The molecule has 0 spiro atoms. The van der Waals surface area contributed by atoms with Crippen LogP contribution in [0.5, 0.6) is 0 Å². The molecule has 1 aromatic rings. The summed E-state index contributed by atoms with van der Waals surface area (Å²) < 4.78 is 0. The van der Waals surface area contributed by atoms with Gasteiger partial charge in [0, 0.05) is 6.54 Å². The molecule has 4 N–H and O–H groups in total. The van der Waals surface area contributed by atoms with Gasteiger partial charge in [-0.25, -0.2) is 9.59 Å². The molecule has 1 rings (SSSR count). The van der Waals surface area contributed by atoms with Gasteiger partial charge in [0.2, 0.25) is 0 Å². The molecule has 6 nitrogen and oxygen atoms in total. The summed E-state index contributed by atoms with van der Waals surface area (Å²) in [5, 5.41) is 23.6. The average molecular weight is 252 g/mol. The normalized spacial score (nSPS) is 13.4. The molecule has 0 bridgehead atoms. The summed E-state index contributed by atoms with van der Waals surface area (Å²) in [7, 11) is 0. The maximum Gasteiger partial charge on any atom is 0.329 e. The van der Waals surface area contributed by atoms with E-state index in [0.29, 0.717) is 12.1 Å². The van der Waals surface area contributed by atoms with Crippen molar-refractivity contribution in [2.24, 2.45) is 0 Å². The Kier molecular flexibility index (Phi) is 5.13. The molecule has 2 unspecified atom stereocenters. The molecule has 0 aromatic heterocycles. The van der Waals surface area contributed by atoms with Gasteiger partial charge in [-0.2, -0.15) is 0 Å². The highest BCUT2D eigenvalue weighted by Crippen LogP contribution is 2.16. The molecule has 2 atom stereocenters. The number of carboxylic acids is 1. The lowest BCUT2D eigenvalue weighted by molar-refractivity contribution is -0.142. The fourth-order valence-electron chi connectivity index (χ4n) is 1.47. The van der Waals surface area contributed by atoms with Crippen molar-refractivity contribution in [1.82, 2.24) is 10.6 Å². The zero-order chi connectivity index (χ0) is 13.5. The zero-order valence-corrected chi connectivity index (χ0v) is 9.96. The van der Waals surface area contributed by atoms with Gasteiger partial charge in [0.1, 0.15) is 6.10 Å². The minimum atomic E-state index is -1.39.